The number of allylic oxidation sites excluding steroid dienone is 1. The average Bonchev–Trinajstić information content (AvgIpc) is 3.62. The molecule has 250 valence electrons. The number of aliphatic hydroxyl groups is 1. The van der Waals surface area contributed by atoms with Crippen molar-refractivity contribution in [2.45, 2.75) is 42.6 Å². The zero-order valence-corrected chi connectivity index (χ0v) is 28.2. The number of hydrogen-bond acceptors (Lipinski definition) is 9. The number of imidazole rings is 1. The summed E-state index contributed by atoms with van der Waals surface area (Å²) >= 11 is 8.12. The molecule has 13 heteroatoms. The summed E-state index contributed by atoms with van der Waals surface area (Å²) in [6.07, 6.45) is 1.93. The second-order valence-electron chi connectivity index (χ2n) is 11.7. The minimum Gasteiger partial charge on any atom is -0.507 e. The highest BCUT2D eigenvalue weighted by Crippen LogP contribution is 2.55. The Balaban J connectivity index is 1.34. The molecule has 1 aliphatic heterocycles. The molecule has 1 amide bonds. The number of thioether (sulfide) groups is 1. The number of aromatic nitrogens is 2. The molecule has 2 heterocycles. The molecule has 2 aliphatic rings. The third-order valence-corrected chi connectivity index (χ3v) is 10.0. The van der Waals surface area contributed by atoms with Gasteiger partial charge in [0.15, 0.2) is 17.3 Å². The number of ketones is 2. The molecule has 0 radical (unpaired) electrons. The number of nitrogens with one attached hydrogen (secondary N) is 2. The summed E-state index contributed by atoms with van der Waals surface area (Å²) in [5.41, 5.74) is -0.276. The van der Waals surface area contributed by atoms with Gasteiger partial charge in [0.1, 0.15) is 33.7 Å². The van der Waals surface area contributed by atoms with Crippen LogP contribution in [0, 0.1) is 11.7 Å². The van der Waals surface area contributed by atoms with E-state index in [1.54, 1.807) is 25.1 Å². The second-order valence-corrected chi connectivity index (χ2v) is 13.0. The van der Waals surface area contributed by atoms with Gasteiger partial charge in [0.2, 0.25) is 17.3 Å². The number of H-pyrrole nitrogens is 1. The van der Waals surface area contributed by atoms with Gasteiger partial charge in [0, 0.05) is 54.2 Å². The molecule has 0 saturated heterocycles. The Hall–Kier alpha value is -4.55. The summed E-state index contributed by atoms with van der Waals surface area (Å²) in [5, 5.41) is 15.0. The second kappa shape index (κ2) is 13.2. The van der Waals surface area contributed by atoms with Gasteiger partial charge in [-0.25, -0.2) is 9.37 Å². The zero-order chi connectivity index (χ0) is 34.3. The first-order valence-corrected chi connectivity index (χ1v) is 16.8. The lowest BCUT2D eigenvalue weighted by atomic mass is 9.69. The van der Waals surface area contributed by atoms with Crippen molar-refractivity contribution in [3.8, 4) is 17.2 Å². The number of Topliss-reactive ketones (excluding diaryl/α,β-unsaturated/α-hetero) is 2. The summed E-state index contributed by atoms with van der Waals surface area (Å²) in [7, 11) is 2.80. The van der Waals surface area contributed by atoms with Gasteiger partial charge in [0.25, 0.3) is 0 Å². The van der Waals surface area contributed by atoms with Crippen molar-refractivity contribution in [3.05, 3.63) is 87.7 Å². The van der Waals surface area contributed by atoms with Gasteiger partial charge in [-0.1, -0.05) is 30.7 Å². The number of aliphatic hydroxyl groups excluding tert-OH is 1. The largest absolute Gasteiger partial charge is 0.507 e. The third kappa shape index (κ3) is 5.66. The van der Waals surface area contributed by atoms with Crippen LogP contribution in [0.3, 0.4) is 0 Å². The van der Waals surface area contributed by atoms with Crippen LogP contribution >= 0.6 is 23.4 Å². The van der Waals surface area contributed by atoms with Crippen LogP contribution in [-0.4, -0.2) is 65.2 Å². The van der Waals surface area contributed by atoms with Crippen LogP contribution < -0.4 is 19.5 Å². The van der Waals surface area contributed by atoms with Crippen molar-refractivity contribution < 1.29 is 38.1 Å². The standard InChI is InChI=1S/C35H33ClFN3O7S/c1-17-13-24(41)29(33(43)35(17)34(44)30-25(45-2)16-26(46-3)31(36)32(30)47-35)21(18-5-8-20(48-4)9-6-18)15-28(42)38-12-11-27-39-22-10-7-19(37)14-23(22)40-27/h5-10,14,16-17,21,43H,11-13,15H2,1-4H3,(H,38,42)(H,39,40)/t17-,21?,35+/m1/s1. The lowest BCUT2D eigenvalue weighted by Gasteiger charge is -2.38. The number of nitrogens with zero attached hydrogens (tertiary/aromatic N) is 1. The Morgan fingerprint density at radius 1 is 1.19 bits per heavy atom. The fraction of sp³-hybridized carbons (Fsp3) is 0.314. The van der Waals surface area contributed by atoms with Crippen LogP contribution in [-0.2, 0) is 16.0 Å². The molecule has 1 aromatic heterocycles. The predicted octanol–water partition coefficient (Wildman–Crippen LogP) is 6.36. The highest BCUT2D eigenvalue weighted by Gasteiger charge is 2.61. The van der Waals surface area contributed by atoms with E-state index in [1.165, 1.54) is 44.2 Å². The molecule has 0 bridgehead atoms. The lowest BCUT2D eigenvalue weighted by molar-refractivity contribution is -0.121. The molecular weight excluding hydrogens is 661 g/mol. The molecule has 48 heavy (non-hydrogen) atoms. The van der Waals surface area contributed by atoms with E-state index in [-0.39, 0.29) is 58.6 Å². The average molecular weight is 694 g/mol. The van der Waals surface area contributed by atoms with E-state index in [4.69, 9.17) is 25.8 Å². The van der Waals surface area contributed by atoms with Crippen molar-refractivity contribution >= 4 is 51.9 Å². The van der Waals surface area contributed by atoms with E-state index in [0.717, 1.165) is 4.90 Å². The minimum absolute atomic E-state index is 0.0168. The van der Waals surface area contributed by atoms with E-state index in [9.17, 15) is 23.9 Å². The van der Waals surface area contributed by atoms with Gasteiger partial charge in [-0.05, 0) is 42.2 Å². The van der Waals surface area contributed by atoms with Crippen LogP contribution in [0.1, 0.15) is 47.4 Å². The van der Waals surface area contributed by atoms with E-state index in [1.807, 2.05) is 18.4 Å². The van der Waals surface area contributed by atoms with Crippen LogP contribution in [0.25, 0.3) is 11.0 Å². The third-order valence-electron chi connectivity index (χ3n) is 8.94. The maximum Gasteiger partial charge on any atom is 0.231 e. The Bertz CT molecular complexity index is 1980. The highest BCUT2D eigenvalue weighted by molar-refractivity contribution is 7.98. The maximum absolute atomic E-state index is 14.3. The number of halogens is 2. The van der Waals surface area contributed by atoms with Crippen LogP contribution in [0.5, 0.6) is 17.2 Å². The molecule has 3 atom stereocenters. The maximum atomic E-state index is 14.3. The van der Waals surface area contributed by atoms with Gasteiger partial charge in [-0.3, -0.25) is 14.4 Å². The van der Waals surface area contributed by atoms with Crippen molar-refractivity contribution in [2.24, 2.45) is 5.92 Å². The molecular formula is C35H33ClFN3O7S. The Labute approximate surface area is 285 Å². The topological polar surface area (TPSA) is 140 Å². The molecule has 3 aromatic carbocycles. The first-order chi connectivity index (χ1) is 23.0. The van der Waals surface area contributed by atoms with Crippen molar-refractivity contribution in [1.29, 1.82) is 0 Å². The monoisotopic (exact) mass is 693 g/mol. The summed E-state index contributed by atoms with van der Waals surface area (Å²) in [6.45, 7) is 1.85. The molecule has 10 nitrogen and oxygen atoms in total. The minimum atomic E-state index is -1.98. The SMILES string of the molecule is COc1cc(OC)c2c(c1Cl)O[C@]1(C2=O)C(O)=C(C(CC(=O)NCCc2nc3ccc(F)cc3[nH]2)c2ccc(SC)cc2)C(=O)C[C@H]1C. The van der Waals surface area contributed by atoms with Gasteiger partial charge in [-0.15, -0.1) is 11.8 Å². The smallest absolute Gasteiger partial charge is 0.231 e. The van der Waals surface area contributed by atoms with Crippen molar-refractivity contribution in [1.82, 2.24) is 15.3 Å². The number of aromatic amines is 1. The number of carbonyl (C=O) groups is 3. The number of methoxy groups -OCH3 is 2. The number of rotatable bonds is 10. The van der Waals surface area contributed by atoms with Gasteiger partial charge < -0.3 is 29.6 Å². The van der Waals surface area contributed by atoms with Crippen molar-refractivity contribution in [3.63, 3.8) is 0 Å². The highest BCUT2D eigenvalue weighted by atomic mass is 35.5. The molecule has 1 spiro atoms. The number of benzene rings is 3. The van der Waals surface area contributed by atoms with E-state index in [0.29, 0.717) is 28.8 Å². The number of fused-ring (bicyclic) bond motifs is 2. The Morgan fingerprint density at radius 3 is 2.60 bits per heavy atom. The van der Waals surface area contributed by atoms with Crippen LogP contribution in [0.15, 0.2) is 64.8 Å². The van der Waals surface area contributed by atoms with Gasteiger partial charge >= 0.3 is 0 Å². The first kappa shape index (κ1) is 33.4. The van der Waals surface area contributed by atoms with Gasteiger partial charge in [-0.2, -0.15) is 0 Å². The number of amides is 1. The number of carbonyl (C=O) groups excluding carboxylic acids is 3. The normalized spacial score (nSPS) is 19.4. The van der Waals surface area contributed by atoms with Gasteiger partial charge in [0.05, 0.1) is 25.3 Å². The fourth-order valence-electron chi connectivity index (χ4n) is 6.49. The number of hydrogen-bond donors (Lipinski definition) is 3. The summed E-state index contributed by atoms with van der Waals surface area (Å²) in [5.74, 6) is -3.16. The molecule has 3 N–H and O–H groups in total. The Morgan fingerprint density at radius 2 is 1.92 bits per heavy atom. The van der Waals surface area contributed by atoms with Crippen LogP contribution in [0.2, 0.25) is 5.02 Å². The Kier molecular flexibility index (Phi) is 9.14. The molecule has 0 saturated carbocycles. The van der Waals surface area contributed by atoms with Crippen LogP contribution in [0.4, 0.5) is 4.39 Å². The molecule has 1 aliphatic carbocycles. The summed E-state index contributed by atoms with van der Waals surface area (Å²) in [4.78, 5) is 50.0. The summed E-state index contributed by atoms with van der Waals surface area (Å²) < 4.78 is 30.7. The van der Waals surface area contributed by atoms with E-state index >= 15 is 0 Å². The summed E-state index contributed by atoms with van der Waals surface area (Å²) in [6, 6.07) is 13.0. The molecule has 6 rings (SSSR count). The molecule has 0 fully saturated rings. The quantitative estimate of drug-likeness (QED) is 0.162. The predicted molar refractivity (Wildman–Crippen MR) is 179 cm³/mol. The van der Waals surface area contributed by atoms with E-state index in [2.05, 4.69) is 15.3 Å². The number of ether oxygens (including phenoxy) is 3. The fourth-order valence-corrected chi connectivity index (χ4v) is 7.17. The molecule has 4 aromatic rings. The molecule has 1 unspecified atom stereocenters. The lowest BCUT2D eigenvalue weighted by Crippen LogP contribution is -2.53. The zero-order valence-electron chi connectivity index (χ0n) is 26.6. The van der Waals surface area contributed by atoms with E-state index < -0.39 is 40.7 Å². The van der Waals surface area contributed by atoms with Crippen molar-refractivity contribution in [2.75, 3.05) is 27.0 Å². The first-order valence-electron chi connectivity index (χ1n) is 15.2.